The zero-order valence-corrected chi connectivity index (χ0v) is 10.9. The van der Waals surface area contributed by atoms with Crippen molar-refractivity contribution in [3.63, 3.8) is 0 Å². The number of pyridine rings is 1. The number of amides is 1. The number of rotatable bonds is 3. The van der Waals surface area contributed by atoms with Crippen LogP contribution in [0.1, 0.15) is 20.7 Å². The van der Waals surface area contributed by atoms with E-state index in [4.69, 9.17) is 0 Å². The molecule has 1 aromatic carbocycles. The summed E-state index contributed by atoms with van der Waals surface area (Å²) in [4.78, 5) is 26.2. The molecule has 1 heterocycles. The first-order chi connectivity index (χ1) is 10.0. The molecule has 0 radical (unpaired) electrons. The average Bonchev–Trinajstić information content (AvgIpc) is 2.50. The Bertz CT molecular complexity index is 687. The molecule has 2 aromatic rings. The third-order valence-electron chi connectivity index (χ3n) is 2.66. The first kappa shape index (κ1) is 14.6. The first-order valence-corrected chi connectivity index (χ1v) is 5.82. The van der Waals surface area contributed by atoms with Gasteiger partial charge in [-0.3, -0.25) is 4.79 Å². The van der Waals surface area contributed by atoms with Crippen LogP contribution >= 0.6 is 0 Å². The van der Waals surface area contributed by atoms with Crippen LogP contribution in [0.25, 0.3) is 0 Å². The highest BCUT2D eigenvalue weighted by molar-refractivity contribution is 6.04. The van der Waals surface area contributed by atoms with E-state index in [-0.39, 0.29) is 0 Å². The van der Waals surface area contributed by atoms with Crippen LogP contribution in [0.15, 0.2) is 36.5 Å². The zero-order valence-electron chi connectivity index (χ0n) is 10.9. The molecule has 0 unspecified atom stereocenters. The van der Waals surface area contributed by atoms with Crippen molar-refractivity contribution in [2.45, 2.75) is 0 Å². The monoisotopic (exact) mass is 292 g/mol. The van der Waals surface area contributed by atoms with Crippen LogP contribution in [0.3, 0.4) is 0 Å². The summed E-state index contributed by atoms with van der Waals surface area (Å²) in [6.45, 7) is 0. The van der Waals surface area contributed by atoms with Gasteiger partial charge in [0.1, 0.15) is 0 Å². The molecule has 0 fully saturated rings. The summed E-state index contributed by atoms with van der Waals surface area (Å²) >= 11 is 0. The molecule has 0 saturated heterocycles. The van der Waals surface area contributed by atoms with E-state index in [2.05, 4.69) is 15.0 Å². The van der Waals surface area contributed by atoms with E-state index >= 15 is 0 Å². The second-order valence-electron chi connectivity index (χ2n) is 3.99. The molecule has 21 heavy (non-hydrogen) atoms. The number of halogens is 2. The summed E-state index contributed by atoms with van der Waals surface area (Å²) < 4.78 is 30.9. The Kier molecular flexibility index (Phi) is 4.22. The Labute approximate surface area is 118 Å². The number of esters is 1. The number of aromatic nitrogens is 1. The van der Waals surface area contributed by atoms with Crippen molar-refractivity contribution < 1.29 is 23.1 Å². The lowest BCUT2D eigenvalue weighted by atomic mass is 10.2. The maximum absolute atomic E-state index is 13.4. The number of hydrogen-bond acceptors (Lipinski definition) is 4. The first-order valence-electron chi connectivity index (χ1n) is 5.82. The minimum absolute atomic E-state index is 0.302. The number of methoxy groups -OCH3 is 1. The van der Waals surface area contributed by atoms with Crippen LogP contribution in [0.2, 0.25) is 0 Å². The van der Waals surface area contributed by atoms with Crippen molar-refractivity contribution in [1.82, 2.24) is 4.98 Å². The molecule has 1 aromatic heterocycles. The fourth-order valence-corrected chi connectivity index (χ4v) is 1.60. The third-order valence-corrected chi connectivity index (χ3v) is 2.66. The smallest absolute Gasteiger partial charge is 0.337 e. The summed E-state index contributed by atoms with van der Waals surface area (Å²) in [5.74, 6) is -4.00. The summed E-state index contributed by atoms with van der Waals surface area (Å²) in [7, 11) is 1.25. The molecular formula is C14H10F2N2O3. The molecule has 1 amide bonds. The molecule has 1 N–H and O–H groups in total. The van der Waals surface area contributed by atoms with Gasteiger partial charge in [-0.15, -0.1) is 0 Å². The minimum Gasteiger partial charge on any atom is -0.465 e. The molecule has 0 saturated carbocycles. The number of nitrogens with zero attached hydrogens (tertiary/aromatic N) is 1. The quantitative estimate of drug-likeness (QED) is 0.696. The summed E-state index contributed by atoms with van der Waals surface area (Å²) in [5, 5.41) is 2.38. The highest BCUT2D eigenvalue weighted by atomic mass is 19.2. The number of benzene rings is 1. The summed E-state index contributed by atoms with van der Waals surface area (Å²) in [6, 6.07) is 6.83. The standard InChI is InChI=1S/C14H10F2N2O3/c1-21-14(20)8-2-4-9(5-3-8)18-13(19)10-6-7-17-12(16)11(10)15/h2-7H,1H3,(H,18,19). The van der Waals surface area contributed by atoms with E-state index in [1.54, 1.807) is 0 Å². The molecule has 0 aliphatic carbocycles. The van der Waals surface area contributed by atoms with Gasteiger partial charge in [0.15, 0.2) is 5.82 Å². The fourth-order valence-electron chi connectivity index (χ4n) is 1.60. The maximum atomic E-state index is 13.4. The van der Waals surface area contributed by atoms with Crippen molar-refractivity contribution in [3.05, 3.63) is 59.4 Å². The van der Waals surface area contributed by atoms with Crippen LogP contribution in [-0.2, 0) is 4.74 Å². The third kappa shape index (κ3) is 3.19. The van der Waals surface area contributed by atoms with Crippen LogP contribution in [-0.4, -0.2) is 24.0 Å². The van der Waals surface area contributed by atoms with Gasteiger partial charge in [0.05, 0.1) is 18.2 Å². The second kappa shape index (κ2) is 6.08. The van der Waals surface area contributed by atoms with Gasteiger partial charge < -0.3 is 10.1 Å². The lowest BCUT2D eigenvalue weighted by Gasteiger charge is -2.07. The normalized spacial score (nSPS) is 10.0. The van der Waals surface area contributed by atoms with Crippen molar-refractivity contribution in [2.24, 2.45) is 0 Å². The number of ether oxygens (including phenoxy) is 1. The fraction of sp³-hybridized carbons (Fsp3) is 0.0714. The topological polar surface area (TPSA) is 68.3 Å². The molecule has 2 rings (SSSR count). The molecule has 108 valence electrons. The summed E-state index contributed by atoms with van der Waals surface area (Å²) in [5.41, 5.74) is 0.167. The molecule has 0 atom stereocenters. The number of anilines is 1. The van der Waals surface area contributed by atoms with Crippen molar-refractivity contribution in [3.8, 4) is 0 Å². The molecule has 0 spiro atoms. The van der Waals surface area contributed by atoms with Crippen molar-refractivity contribution in [1.29, 1.82) is 0 Å². The molecule has 5 nitrogen and oxygen atoms in total. The molecule has 7 heteroatoms. The highest BCUT2D eigenvalue weighted by Crippen LogP contribution is 2.14. The van der Waals surface area contributed by atoms with Gasteiger partial charge in [0.25, 0.3) is 5.91 Å². The van der Waals surface area contributed by atoms with E-state index in [0.717, 1.165) is 12.3 Å². The highest BCUT2D eigenvalue weighted by Gasteiger charge is 2.16. The number of carbonyl (C=O) groups is 2. The molecule has 0 bridgehead atoms. The Morgan fingerprint density at radius 3 is 2.43 bits per heavy atom. The van der Waals surface area contributed by atoms with E-state index in [1.165, 1.54) is 31.4 Å². The average molecular weight is 292 g/mol. The zero-order chi connectivity index (χ0) is 15.4. The van der Waals surface area contributed by atoms with Gasteiger partial charge in [0, 0.05) is 11.9 Å². The van der Waals surface area contributed by atoms with E-state index in [9.17, 15) is 18.4 Å². The van der Waals surface area contributed by atoms with E-state index in [0.29, 0.717) is 11.3 Å². The van der Waals surface area contributed by atoms with Crippen LogP contribution in [0.4, 0.5) is 14.5 Å². The predicted octanol–water partition coefficient (Wildman–Crippen LogP) is 2.40. The lowest BCUT2D eigenvalue weighted by molar-refractivity contribution is 0.0600. The van der Waals surface area contributed by atoms with Gasteiger partial charge in [-0.05, 0) is 30.3 Å². The number of hydrogen-bond donors (Lipinski definition) is 1. The number of nitrogens with one attached hydrogen (secondary N) is 1. The predicted molar refractivity (Wildman–Crippen MR) is 69.9 cm³/mol. The molecule has 0 aliphatic heterocycles. The van der Waals surface area contributed by atoms with E-state index in [1.807, 2.05) is 0 Å². The molecular weight excluding hydrogens is 282 g/mol. The second-order valence-corrected chi connectivity index (χ2v) is 3.99. The summed E-state index contributed by atoms with van der Waals surface area (Å²) in [6.07, 6.45) is 0.994. The van der Waals surface area contributed by atoms with Gasteiger partial charge in [-0.25, -0.2) is 14.2 Å². The largest absolute Gasteiger partial charge is 0.465 e. The van der Waals surface area contributed by atoms with Crippen molar-refractivity contribution in [2.75, 3.05) is 12.4 Å². The van der Waals surface area contributed by atoms with Gasteiger partial charge in [-0.2, -0.15) is 4.39 Å². The van der Waals surface area contributed by atoms with Gasteiger partial charge in [0.2, 0.25) is 5.95 Å². The SMILES string of the molecule is COC(=O)c1ccc(NC(=O)c2ccnc(F)c2F)cc1. The van der Waals surface area contributed by atoms with Crippen molar-refractivity contribution >= 4 is 17.6 Å². The Hall–Kier alpha value is -2.83. The number of carbonyl (C=O) groups excluding carboxylic acids is 2. The maximum Gasteiger partial charge on any atom is 0.337 e. The van der Waals surface area contributed by atoms with E-state index < -0.39 is 29.2 Å². The van der Waals surface area contributed by atoms with Gasteiger partial charge >= 0.3 is 5.97 Å². The van der Waals surface area contributed by atoms with Crippen LogP contribution in [0, 0.1) is 11.8 Å². The minimum atomic E-state index is -1.34. The van der Waals surface area contributed by atoms with Gasteiger partial charge in [-0.1, -0.05) is 0 Å². The van der Waals surface area contributed by atoms with Crippen LogP contribution in [0.5, 0.6) is 0 Å². The Balaban J connectivity index is 2.16. The Morgan fingerprint density at radius 2 is 1.81 bits per heavy atom. The Morgan fingerprint density at radius 1 is 1.14 bits per heavy atom. The lowest BCUT2D eigenvalue weighted by Crippen LogP contribution is -2.15. The molecule has 0 aliphatic rings. The van der Waals surface area contributed by atoms with Crippen LogP contribution < -0.4 is 5.32 Å².